The first-order valence-corrected chi connectivity index (χ1v) is 15.4. The Morgan fingerprint density at radius 2 is 1.45 bits per heavy atom. The number of β-lactam (4-membered cyclic amide) rings is 1. The monoisotopic (exact) mass is 555 g/mol. The van der Waals surface area contributed by atoms with Gasteiger partial charge in [0.25, 0.3) is 0 Å². The van der Waals surface area contributed by atoms with Crippen molar-refractivity contribution in [2.24, 2.45) is 0 Å². The SMILES string of the molecule is CCCC[N+](CCCC)(CCCC)CCCC.COC(=O)C=C(C)N[C@@H]1C(=O)N2[C@@H]1SC(C)(C)[C@@H]2C(=O)[O-]. The third-order valence-electron chi connectivity index (χ3n) is 7.53. The summed E-state index contributed by atoms with van der Waals surface area (Å²) in [6.45, 7) is 20.2. The van der Waals surface area contributed by atoms with Crippen molar-refractivity contribution in [1.29, 1.82) is 0 Å². The number of carbonyl (C=O) groups is 3. The van der Waals surface area contributed by atoms with E-state index in [0.717, 1.165) is 0 Å². The molecule has 0 aliphatic carbocycles. The quantitative estimate of drug-likeness (QED) is 0.134. The van der Waals surface area contributed by atoms with Crippen LogP contribution in [0.15, 0.2) is 11.8 Å². The summed E-state index contributed by atoms with van der Waals surface area (Å²) in [7, 11) is 1.27. The predicted octanol–water partition coefficient (Wildman–Crippen LogP) is 3.84. The van der Waals surface area contributed by atoms with Crippen LogP contribution in [0, 0.1) is 0 Å². The number of unbranched alkanes of at least 4 members (excludes halogenated alkanes) is 4. The average Bonchev–Trinajstić information content (AvgIpc) is 3.14. The van der Waals surface area contributed by atoms with Gasteiger partial charge in [-0.1, -0.05) is 53.4 Å². The molecule has 220 valence electrons. The van der Waals surface area contributed by atoms with Crippen LogP contribution in [0.25, 0.3) is 0 Å². The Bertz CT molecular complexity index is 764. The van der Waals surface area contributed by atoms with Crippen LogP contribution < -0.4 is 10.4 Å². The first-order valence-electron chi connectivity index (χ1n) is 14.5. The van der Waals surface area contributed by atoms with Crippen molar-refractivity contribution >= 4 is 29.6 Å². The maximum absolute atomic E-state index is 12.2. The summed E-state index contributed by atoms with van der Waals surface area (Å²) in [5.41, 5.74) is 0.496. The topological polar surface area (TPSA) is 98.8 Å². The summed E-state index contributed by atoms with van der Waals surface area (Å²) in [6, 6.07) is -1.48. The second-order valence-electron chi connectivity index (χ2n) is 11.2. The number of rotatable bonds is 16. The van der Waals surface area contributed by atoms with E-state index in [2.05, 4.69) is 37.7 Å². The molecule has 2 saturated heterocycles. The molecule has 1 amide bonds. The number of carbonyl (C=O) groups excluding carboxylic acids is 3. The first kappa shape index (κ1) is 34.3. The number of ether oxygens (including phenoxy) is 1. The van der Waals surface area contributed by atoms with Gasteiger partial charge in [0.2, 0.25) is 5.91 Å². The molecule has 0 aromatic carbocycles. The van der Waals surface area contributed by atoms with Crippen molar-refractivity contribution in [2.75, 3.05) is 33.3 Å². The van der Waals surface area contributed by atoms with E-state index in [-0.39, 0.29) is 11.3 Å². The fourth-order valence-electron chi connectivity index (χ4n) is 5.29. The van der Waals surface area contributed by atoms with Crippen LogP contribution >= 0.6 is 11.8 Å². The Balaban J connectivity index is 0.000000391. The number of carboxylic acids is 1. The number of nitrogens with zero attached hydrogens (tertiary/aromatic N) is 2. The Kier molecular flexibility index (Phi) is 14.8. The van der Waals surface area contributed by atoms with Crippen LogP contribution in [0.4, 0.5) is 0 Å². The van der Waals surface area contributed by atoms with Crippen LogP contribution in [-0.2, 0) is 19.1 Å². The Morgan fingerprint density at radius 3 is 1.82 bits per heavy atom. The maximum Gasteiger partial charge on any atom is 0.332 e. The second-order valence-corrected chi connectivity index (χ2v) is 13.0. The molecule has 2 heterocycles. The molecule has 9 heteroatoms. The third-order valence-corrected chi connectivity index (χ3v) is 9.10. The molecular weight excluding hydrogens is 502 g/mol. The van der Waals surface area contributed by atoms with E-state index in [1.54, 1.807) is 20.8 Å². The normalized spacial score (nSPS) is 22.2. The molecule has 1 N–H and O–H groups in total. The molecular formula is C29H53N3O5S. The molecule has 0 saturated carbocycles. The highest BCUT2D eigenvalue weighted by Gasteiger charge is 2.61. The molecule has 2 aliphatic rings. The molecule has 0 spiro atoms. The number of nitrogens with one attached hydrogen (secondary N) is 1. The van der Waals surface area contributed by atoms with Gasteiger partial charge >= 0.3 is 5.97 Å². The van der Waals surface area contributed by atoms with E-state index in [9.17, 15) is 19.5 Å². The maximum atomic E-state index is 12.2. The lowest BCUT2D eigenvalue weighted by Crippen LogP contribution is -2.70. The van der Waals surface area contributed by atoms with Crippen LogP contribution in [0.2, 0.25) is 0 Å². The molecule has 2 rings (SSSR count). The summed E-state index contributed by atoms with van der Waals surface area (Å²) >= 11 is 1.41. The van der Waals surface area contributed by atoms with Crippen molar-refractivity contribution in [2.45, 2.75) is 122 Å². The lowest BCUT2D eigenvalue weighted by atomic mass is 9.96. The minimum absolute atomic E-state index is 0.281. The molecule has 0 radical (unpaired) electrons. The number of allylic oxidation sites excluding steroid dienone is 1. The Labute approximate surface area is 235 Å². The fraction of sp³-hybridized carbons (Fsp3) is 0.828. The number of hydrogen-bond acceptors (Lipinski definition) is 7. The van der Waals surface area contributed by atoms with E-state index in [0.29, 0.717) is 5.70 Å². The van der Waals surface area contributed by atoms with E-state index >= 15 is 0 Å². The van der Waals surface area contributed by atoms with Gasteiger partial charge in [0, 0.05) is 16.5 Å². The number of thioether (sulfide) groups is 1. The van der Waals surface area contributed by atoms with Gasteiger partial charge < -0.3 is 29.3 Å². The van der Waals surface area contributed by atoms with Gasteiger partial charge in [-0.25, -0.2) is 4.79 Å². The van der Waals surface area contributed by atoms with Crippen LogP contribution in [-0.4, -0.2) is 82.7 Å². The van der Waals surface area contributed by atoms with E-state index in [1.165, 1.54) is 112 Å². The number of fused-ring (bicyclic) bond motifs is 1. The standard InChI is InChI=1S/C16H36N.C13H18N2O5S/c1-5-9-13-17(14-10-6-2,15-11-7-3)16-12-8-4;1-6(5-7(16)20-4)14-8-10(17)15-9(12(18)19)13(2,3)21-11(8)15/h5-16H2,1-4H3;5,8-9,11,14H,1-4H3,(H,18,19)/q+1;/p-1/t;8-,9+,11-/m.1/s1. The minimum Gasteiger partial charge on any atom is -0.548 e. The number of esters is 1. The zero-order valence-electron chi connectivity index (χ0n) is 25.1. The van der Waals surface area contributed by atoms with Crippen LogP contribution in [0.3, 0.4) is 0 Å². The number of hydrogen-bond donors (Lipinski definition) is 1. The zero-order chi connectivity index (χ0) is 28.9. The Hall–Kier alpha value is -1.74. The van der Waals surface area contributed by atoms with Gasteiger partial charge in [0.05, 0.1) is 45.3 Å². The molecule has 0 aromatic heterocycles. The highest BCUT2D eigenvalue weighted by Crippen LogP contribution is 2.50. The lowest BCUT2D eigenvalue weighted by molar-refractivity contribution is -0.929. The summed E-state index contributed by atoms with van der Waals surface area (Å²) < 4.78 is 5.31. The minimum atomic E-state index is -1.25. The zero-order valence-corrected chi connectivity index (χ0v) is 26.0. The summed E-state index contributed by atoms with van der Waals surface area (Å²) in [5.74, 6) is -2.07. The van der Waals surface area contributed by atoms with Crippen molar-refractivity contribution < 1.29 is 28.7 Å². The molecule has 8 nitrogen and oxygen atoms in total. The van der Waals surface area contributed by atoms with Gasteiger partial charge in [0.1, 0.15) is 11.4 Å². The highest BCUT2D eigenvalue weighted by atomic mass is 32.2. The molecule has 2 aliphatic heterocycles. The summed E-state index contributed by atoms with van der Waals surface area (Å²) in [6.07, 6.45) is 12.3. The number of amides is 1. The van der Waals surface area contributed by atoms with Gasteiger partial charge in [0.15, 0.2) is 0 Å². The number of methoxy groups -OCH3 is 1. The van der Waals surface area contributed by atoms with E-state index in [4.69, 9.17) is 0 Å². The lowest BCUT2D eigenvalue weighted by Gasteiger charge is -2.45. The van der Waals surface area contributed by atoms with Crippen molar-refractivity contribution in [3.8, 4) is 0 Å². The molecule has 38 heavy (non-hydrogen) atoms. The van der Waals surface area contributed by atoms with Crippen molar-refractivity contribution in [3.63, 3.8) is 0 Å². The molecule has 2 fully saturated rings. The first-order chi connectivity index (χ1) is 17.9. The number of quaternary nitrogens is 1. The number of aliphatic carboxylic acids is 1. The highest BCUT2D eigenvalue weighted by molar-refractivity contribution is 8.01. The molecule has 3 atom stereocenters. The summed E-state index contributed by atoms with van der Waals surface area (Å²) in [4.78, 5) is 35.9. The smallest absolute Gasteiger partial charge is 0.332 e. The molecule has 0 unspecified atom stereocenters. The van der Waals surface area contributed by atoms with Crippen molar-refractivity contribution in [1.82, 2.24) is 10.2 Å². The van der Waals surface area contributed by atoms with E-state index < -0.39 is 28.8 Å². The van der Waals surface area contributed by atoms with Gasteiger partial charge in [-0.05, 0) is 46.5 Å². The van der Waals surface area contributed by atoms with Crippen LogP contribution in [0.5, 0.6) is 0 Å². The molecule has 0 bridgehead atoms. The largest absolute Gasteiger partial charge is 0.548 e. The van der Waals surface area contributed by atoms with Gasteiger partial charge in [-0.15, -0.1) is 11.8 Å². The van der Waals surface area contributed by atoms with Crippen LogP contribution in [0.1, 0.15) is 99.8 Å². The second kappa shape index (κ2) is 16.4. The molecule has 0 aromatic rings. The summed E-state index contributed by atoms with van der Waals surface area (Å²) in [5, 5.41) is 13.9. The number of carboxylic acid groups (broad SMARTS) is 1. The Morgan fingerprint density at radius 1 is 1.00 bits per heavy atom. The average molecular weight is 556 g/mol. The predicted molar refractivity (Wildman–Crippen MR) is 153 cm³/mol. The fourth-order valence-corrected chi connectivity index (χ4v) is 6.91. The third kappa shape index (κ3) is 9.47. The van der Waals surface area contributed by atoms with Crippen molar-refractivity contribution in [3.05, 3.63) is 11.8 Å². The van der Waals surface area contributed by atoms with Gasteiger partial charge in [-0.3, -0.25) is 4.79 Å². The van der Waals surface area contributed by atoms with E-state index in [1.807, 2.05) is 0 Å². The van der Waals surface area contributed by atoms with Gasteiger partial charge in [-0.2, -0.15) is 0 Å².